The van der Waals surface area contributed by atoms with Crippen LogP contribution in [0.25, 0.3) is 5.76 Å². The Labute approximate surface area is 200 Å². The number of aliphatic hydroxyl groups excluding tert-OH is 1. The molecular weight excluding hydrogens is 434 g/mol. The van der Waals surface area contributed by atoms with Crippen LogP contribution in [0.5, 0.6) is 11.5 Å². The van der Waals surface area contributed by atoms with E-state index in [2.05, 4.69) is 11.9 Å². The molecule has 0 aliphatic carbocycles. The number of carbonyl (C=O) groups excluding carboxylic acids is 2. The molecule has 0 spiro atoms. The molecular formula is C26H33N3O5. The monoisotopic (exact) mass is 467 g/mol. The van der Waals surface area contributed by atoms with Gasteiger partial charge in [0, 0.05) is 31.0 Å². The van der Waals surface area contributed by atoms with E-state index in [1.165, 1.54) is 17.3 Å². The van der Waals surface area contributed by atoms with Gasteiger partial charge >= 0.3 is 0 Å². The first-order valence-corrected chi connectivity index (χ1v) is 11.6. The maximum absolute atomic E-state index is 13.1. The van der Waals surface area contributed by atoms with Gasteiger partial charge < -0.3 is 24.4 Å². The van der Waals surface area contributed by atoms with Gasteiger partial charge in [-0.2, -0.15) is 0 Å². The van der Waals surface area contributed by atoms with E-state index >= 15 is 0 Å². The topological polar surface area (TPSA) is 92.2 Å². The molecule has 1 aromatic carbocycles. The first-order valence-electron chi connectivity index (χ1n) is 11.6. The molecule has 2 heterocycles. The number of Topliss-reactive ketones (excluding diaryl/α,β-unsaturated/α-hetero) is 1. The molecule has 1 unspecified atom stereocenters. The van der Waals surface area contributed by atoms with Crippen molar-refractivity contribution >= 4 is 17.4 Å². The number of likely N-dealkylation sites (tertiary alicyclic amines) is 1. The lowest BCUT2D eigenvalue weighted by molar-refractivity contribution is -0.140. The Morgan fingerprint density at radius 3 is 2.47 bits per heavy atom. The number of unbranched alkanes of at least 4 members (excludes halogenated alkanes) is 1. The maximum Gasteiger partial charge on any atom is 0.295 e. The third-order valence-corrected chi connectivity index (χ3v) is 5.62. The molecule has 1 aliphatic rings. The van der Waals surface area contributed by atoms with E-state index in [1.54, 1.807) is 24.3 Å². The highest BCUT2D eigenvalue weighted by Crippen LogP contribution is 2.42. The van der Waals surface area contributed by atoms with Crippen molar-refractivity contribution in [2.24, 2.45) is 0 Å². The van der Waals surface area contributed by atoms with E-state index in [9.17, 15) is 14.7 Å². The largest absolute Gasteiger partial charge is 0.507 e. The summed E-state index contributed by atoms with van der Waals surface area (Å²) in [7, 11) is 3.80. The predicted molar refractivity (Wildman–Crippen MR) is 130 cm³/mol. The molecule has 8 heteroatoms. The number of benzene rings is 1. The lowest BCUT2D eigenvalue weighted by Gasteiger charge is -2.27. The highest BCUT2D eigenvalue weighted by Gasteiger charge is 2.46. The second-order valence-electron chi connectivity index (χ2n) is 8.37. The molecule has 0 saturated carbocycles. The molecule has 1 atom stereocenters. The minimum Gasteiger partial charge on any atom is -0.507 e. The molecule has 34 heavy (non-hydrogen) atoms. The van der Waals surface area contributed by atoms with E-state index in [-0.39, 0.29) is 11.3 Å². The van der Waals surface area contributed by atoms with Crippen molar-refractivity contribution < 1.29 is 24.2 Å². The van der Waals surface area contributed by atoms with Gasteiger partial charge in [-0.3, -0.25) is 14.6 Å². The van der Waals surface area contributed by atoms with Crippen LogP contribution in [-0.4, -0.2) is 72.0 Å². The number of ether oxygens (including phenoxy) is 2. The Morgan fingerprint density at radius 2 is 1.82 bits per heavy atom. The number of aliphatic hydroxyl groups is 1. The number of likely N-dealkylation sites (N-methyl/N-ethyl adjacent to an activating group) is 1. The summed E-state index contributed by atoms with van der Waals surface area (Å²) in [6.07, 6.45) is 4.99. The number of aromatic nitrogens is 1. The number of pyridine rings is 1. The van der Waals surface area contributed by atoms with Gasteiger partial charge in [0.2, 0.25) is 0 Å². The summed E-state index contributed by atoms with van der Waals surface area (Å²) in [6.45, 7) is 5.87. The van der Waals surface area contributed by atoms with Crippen LogP contribution in [0, 0.1) is 0 Å². The van der Waals surface area contributed by atoms with Gasteiger partial charge in [-0.15, -0.1) is 0 Å². The van der Waals surface area contributed by atoms with Crippen LogP contribution in [0.4, 0.5) is 0 Å². The first kappa shape index (κ1) is 25.2. The minimum atomic E-state index is -0.753. The molecule has 182 valence electrons. The zero-order chi connectivity index (χ0) is 24.7. The third kappa shape index (κ3) is 5.56. The normalized spacial score (nSPS) is 17.4. The Balaban J connectivity index is 2.11. The van der Waals surface area contributed by atoms with E-state index in [4.69, 9.17) is 9.47 Å². The number of carbonyl (C=O) groups is 2. The molecule has 8 nitrogen and oxygen atoms in total. The predicted octanol–water partition coefficient (Wildman–Crippen LogP) is 3.64. The van der Waals surface area contributed by atoms with Crippen molar-refractivity contribution in [2.75, 3.05) is 40.4 Å². The standard InChI is InChI=1S/C26H33N3O5/c1-5-7-16-34-20-9-8-19(17-21(20)33-6-2)23-22(24(30)18-10-12-27-13-11-18)25(31)26(32)29(23)15-14-28(3)4/h8-13,17,23,30H,5-7,14-16H2,1-4H3/b24-22+. The molecule has 1 N–H and O–H groups in total. The Morgan fingerprint density at radius 1 is 1.09 bits per heavy atom. The Bertz CT molecular complexity index is 1040. The number of rotatable bonds is 11. The van der Waals surface area contributed by atoms with Crippen LogP contribution in [-0.2, 0) is 9.59 Å². The van der Waals surface area contributed by atoms with Crippen LogP contribution < -0.4 is 9.47 Å². The van der Waals surface area contributed by atoms with E-state index in [1.807, 2.05) is 32.0 Å². The van der Waals surface area contributed by atoms with Crippen LogP contribution in [0.15, 0.2) is 48.3 Å². The first-order chi connectivity index (χ1) is 16.4. The average Bonchev–Trinajstić information content (AvgIpc) is 3.08. The van der Waals surface area contributed by atoms with Crippen LogP contribution in [0.1, 0.15) is 43.9 Å². The van der Waals surface area contributed by atoms with Crippen LogP contribution >= 0.6 is 0 Å². The molecule has 1 aliphatic heterocycles. The van der Waals surface area contributed by atoms with Gasteiger partial charge in [-0.05, 0) is 57.3 Å². The highest BCUT2D eigenvalue weighted by atomic mass is 16.5. The van der Waals surface area contributed by atoms with Crippen molar-refractivity contribution in [1.82, 2.24) is 14.8 Å². The average molecular weight is 468 g/mol. The molecule has 1 fully saturated rings. The van der Waals surface area contributed by atoms with E-state index < -0.39 is 17.7 Å². The fraction of sp³-hybridized carbons (Fsp3) is 0.423. The van der Waals surface area contributed by atoms with E-state index in [0.717, 1.165) is 12.8 Å². The molecule has 0 bridgehead atoms. The smallest absolute Gasteiger partial charge is 0.295 e. The molecule has 1 saturated heterocycles. The van der Waals surface area contributed by atoms with Crippen LogP contribution in [0.2, 0.25) is 0 Å². The van der Waals surface area contributed by atoms with Crippen LogP contribution in [0.3, 0.4) is 0 Å². The number of amides is 1. The van der Waals surface area contributed by atoms with Gasteiger partial charge in [-0.25, -0.2) is 0 Å². The van der Waals surface area contributed by atoms with Crippen molar-refractivity contribution in [3.05, 3.63) is 59.4 Å². The number of hydrogen-bond acceptors (Lipinski definition) is 7. The van der Waals surface area contributed by atoms with Gasteiger partial charge in [0.25, 0.3) is 11.7 Å². The Hall–Kier alpha value is -3.39. The molecule has 3 rings (SSSR count). The molecule has 2 aromatic rings. The fourth-order valence-corrected chi connectivity index (χ4v) is 3.84. The SMILES string of the molecule is CCCCOc1ccc(C2/C(=C(\O)c3ccncc3)C(=O)C(=O)N2CCN(C)C)cc1OCC. The van der Waals surface area contributed by atoms with Crippen molar-refractivity contribution in [3.8, 4) is 11.5 Å². The summed E-state index contributed by atoms with van der Waals surface area (Å²) in [5, 5.41) is 11.1. The second kappa shape index (κ2) is 11.7. The van der Waals surface area contributed by atoms with Crippen molar-refractivity contribution in [1.29, 1.82) is 0 Å². The second-order valence-corrected chi connectivity index (χ2v) is 8.37. The van der Waals surface area contributed by atoms with Gasteiger partial charge in [0.15, 0.2) is 11.5 Å². The summed E-state index contributed by atoms with van der Waals surface area (Å²) < 4.78 is 11.7. The zero-order valence-electron chi connectivity index (χ0n) is 20.3. The number of nitrogens with zero attached hydrogens (tertiary/aromatic N) is 3. The Kier molecular flexibility index (Phi) is 8.65. The van der Waals surface area contributed by atoms with E-state index in [0.29, 0.717) is 48.9 Å². The van der Waals surface area contributed by atoms with Gasteiger partial charge in [-0.1, -0.05) is 19.4 Å². The molecule has 0 radical (unpaired) electrons. The highest BCUT2D eigenvalue weighted by molar-refractivity contribution is 6.46. The lowest BCUT2D eigenvalue weighted by atomic mass is 9.95. The summed E-state index contributed by atoms with van der Waals surface area (Å²) in [4.78, 5) is 33.6. The van der Waals surface area contributed by atoms with Crippen molar-refractivity contribution in [3.63, 3.8) is 0 Å². The fourth-order valence-electron chi connectivity index (χ4n) is 3.84. The summed E-state index contributed by atoms with van der Waals surface area (Å²) in [6, 6.07) is 7.88. The molecule has 1 aromatic heterocycles. The lowest BCUT2D eigenvalue weighted by Crippen LogP contribution is -2.35. The van der Waals surface area contributed by atoms with Crippen molar-refractivity contribution in [2.45, 2.75) is 32.7 Å². The number of ketones is 1. The third-order valence-electron chi connectivity index (χ3n) is 5.62. The minimum absolute atomic E-state index is 0.0528. The van der Waals surface area contributed by atoms with Gasteiger partial charge in [0.1, 0.15) is 5.76 Å². The number of hydrogen-bond donors (Lipinski definition) is 1. The summed E-state index contributed by atoms with van der Waals surface area (Å²) >= 11 is 0. The summed E-state index contributed by atoms with van der Waals surface area (Å²) in [5.74, 6) is -0.418. The quantitative estimate of drug-likeness (QED) is 0.233. The van der Waals surface area contributed by atoms with Gasteiger partial charge in [0.05, 0.1) is 24.8 Å². The zero-order valence-corrected chi connectivity index (χ0v) is 20.3. The maximum atomic E-state index is 13.1. The molecule has 1 amide bonds. The summed E-state index contributed by atoms with van der Waals surface area (Å²) in [5.41, 5.74) is 1.15.